The number of rotatable bonds is 5. The molecule has 1 aliphatic heterocycles. The van der Waals surface area contributed by atoms with Gasteiger partial charge in [0.05, 0.1) is 16.3 Å². The Hall–Kier alpha value is -2.60. The van der Waals surface area contributed by atoms with Gasteiger partial charge in [-0.15, -0.1) is 0 Å². The van der Waals surface area contributed by atoms with Crippen molar-refractivity contribution in [2.45, 2.75) is 58.2 Å². The standard InChI is InChI=1S/C27H29Cl2N3O2/c1-15-6-11-21(29)19(12-15)23-18(16-7-9-17(28)10-8-16)13-20-22(32-27(4,5)25(30)33)14-26(2,3)34-24(20)31-23/h6-13,22,32H,14H2,1-5H3,(H2,30,33). The van der Waals surface area contributed by atoms with E-state index in [4.69, 9.17) is 38.7 Å². The van der Waals surface area contributed by atoms with Gasteiger partial charge in [-0.1, -0.05) is 47.0 Å². The van der Waals surface area contributed by atoms with Crippen molar-refractivity contribution < 1.29 is 9.53 Å². The molecule has 0 spiro atoms. The Morgan fingerprint density at radius 3 is 2.44 bits per heavy atom. The normalized spacial score (nSPS) is 17.1. The summed E-state index contributed by atoms with van der Waals surface area (Å²) < 4.78 is 6.34. The summed E-state index contributed by atoms with van der Waals surface area (Å²) in [5, 5.41) is 4.69. The van der Waals surface area contributed by atoms with E-state index < -0.39 is 17.0 Å². The molecule has 1 unspecified atom stereocenters. The second kappa shape index (κ2) is 8.88. The molecule has 2 aromatic carbocycles. The predicted molar refractivity (Wildman–Crippen MR) is 138 cm³/mol. The Morgan fingerprint density at radius 2 is 1.79 bits per heavy atom. The van der Waals surface area contributed by atoms with Crippen LogP contribution in [0.25, 0.3) is 22.4 Å². The van der Waals surface area contributed by atoms with Crippen molar-refractivity contribution >= 4 is 29.1 Å². The van der Waals surface area contributed by atoms with Gasteiger partial charge in [0, 0.05) is 34.2 Å². The number of nitrogens with zero attached hydrogens (tertiary/aromatic N) is 1. The number of aryl methyl sites for hydroxylation is 1. The lowest BCUT2D eigenvalue weighted by atomic mass is 9.86. The molecule has 5 nitrogen and oxygen atoms in total. The summed E-state index contributed by atoms with van der Waals surface area (Å²) in [5.41, 5.74) is 9.59. The number of primary amides is 1. The molecule has 7 heteroatoms. The number of aromatic nitrogens is 1. The quantitative estimate of drug-likeness (QED) is 0.422. The zero-order chi connectivity index (χ0) is 24.8. The monoisotopic (exact) mass is 497 g/mol. The highest BCUT2D eigenvalue weighted by Gasteiger charge is 2.39. The van der Waals surface area contributed by atoms with Crippen molar-refractivity contribution in [1.82, 2.24) is 10.3 Å². The van der Waals surface area contributed by atoms with Crippen molar-refractivity contribution in [2.24, 2.45) is 5.73 Å². The van der Waals surface area contributed by atoms with Crippen LogP contribution in [0.1, 0.15) is 51.3 Å². The van der Waals surface area contributed by atoms with E-state index in [2.05, 4.69) is 11.4 Å². The number of ether oxygens (including phenoxy) is 1. The van der Waals surface area contributed by atoms with E-state index in [1.54, 1.807) is 13.8 Å². The molecule has 34 heavy (non-hydrogen) atoms. The molecule has 0 saturated heterocycles. The number of amides is 1. The molecule has 4 rings (SSSR count). The van der Waals surface area contributed by atoms with E-state index in [1.165, 1.54) is 0 Å². The van der Waals surface area contributed by atoms with Gasteiger partial charge < -0.3 is 10.5 Å². The first kappa shape index (κ1) is 24.5. The van der Waals surface area contributed by atoms with Crippen LogP contribution in [0.3, 0.4) is 0 Å². The topological polar surface area (TPSA) is 77.2 Å². The molecule has 3 N–H and O–H groups in total. The number of nitrogens with two attached hydrogens (primary N) is 1. The summed E-state index contributed by atoms with van der Waals surface area (Å²) in [6, 6.07) is 15.4. The summed E-state index contributed by atoms with van der Waals surface area (Å²) in [4.78, 5) is 17.1. The lowest BCUT2D eigenvalue weighted by molar-refractivity contribution is -0.123. The van der Waals surface area contributed by atoms with Crippen LogP contribution >= 0.6 is 23.2 Å². The predicted octanol–water partition coefficient (Wildman–Crippen LogP) is 6.49. The number of carbonyl (C=O) groups is 1. The minimum absolute atomic E-state index is 0.193. The molecule has 0 aliphatic carbocycles. The van der Waals surface area contributed by atoms with Gasteiger partial charge in [-0.25, -0.2) is 4.98 Å². The largest absolute Gasteiger partial charge is 0.471 e. The minimum atomic E-state index is -0.908. The Kier molecular flexibility index (Phi) is 6.40. The third-order valence-electron chi connectivity index (χ3n) is 6.14. The number of halogens is 2. The maximum Gasteiger partial charge on any atom is 0.237 e. The molecule has 2 heterocycles. The van der Waals surface area contributed by atoms with Gasteiger partial charge in [-0.3, -0.25) is 10.1 Å². The number of carbonyl (C=O) groups excluding carboxylic acids is 1. The fourth-order valence-electron chi connectivity index (χ4n) is 4.26. The van der Waals surface area contributed by atoms with Crippen LogP contribution < -0.4 is 15.8 Å². The van der Waals surface area contributed by atoms with Crippen molar-refractivity contribution in [3.8, 4) is 28.3 Å². The van der Waals surface area contributed by atoms with Gasteiger partial charge in [-0.05, 0) is 70.5 Å². The highest BCUT2D eigenvalue weighted by atomic mass is 35.5. The molecular weight excluding hydrogens is 469 g/mol. The molecule has 0 fully saturated rings. The lowest BCUT2D eigenvalue weighted by Crippen LogP contribution is -2.54. The van der Waals surface area contributed by atoms with Gasteiger partial charge in [-0.2, -0.15) is 0 Å². The van der Waals surface area contributed by atoms with Crippen LogP contribution in [0.2, 0.25) is 10.0 Å². The maximum atomic E-state index is 12.1. The second-order valence-electron chi connectivity index (χ2n) is 10.0. The molecule has 0 saturated carbocycles. The third kappa shape index (κ3) is 4.92. The Bertz CT molecular complexity index is 1250. The highest BCUT2D eigenvalue weighted by molar-refractivity contribution is 6.33. The molecular formula is C27H29Cl2N3O2. The van der Waals surface area contributed by atoms with Crippen LogP contribution in [0, 0.1) is 6.92 Å². The van der Waals surface area contributed by atoms with Gasteiger partial charge in [0.2, 0.25) is 11.8 Å². The molecule has 1 aliphatic rings. The molecule has 1 amide bonds. The van der Waals surface area contributed by atoms with Crippen molar-refractivity contribution in [3.05, 3.63) is 69.7 Å². The average molecular weight is 498 g/mol. The van der Waals surface area contributed by atoms with Gasteiger partial charge in [0.1, 0.15) is 5.60 Å². The Morgan fingerprint density at radius 1 is 1.12 bits per heavy atom. The summed E-state index contributed by atoms with van der Waals surface area (Å²) in [6.07, 6.45) is 0.642. The molecule has 0 radical (unpaired) electrons. The molecule has 0 bridgehead atoms. The van der Waals surface area contributed by atoms with Gasteiger partial charge in [0.25, 0.3) is 0 Å². The van der Waals surface area contributed by atoms with Crippen molar-refractivity contribution in [1.29, 1.82) is 0 Å². The first-order valence-corrected chi connectivity index (χ1v) is 12.0. The van der Waals surface area contributed by atoms with E-state index in [9.17, 15) is 4.79 Å². The summed E-state index contributed by atoms with van der Waals surface area (Å²) in [7, 11) is 0. The average Bonchev–Trinajstić information content (AvgIpc) is 2.74. The number of hydrogen-bond donors (Lipinski definition) is 2. The van der Waals surface area contributed by atoms with E-state index >= 15 is 0 Å². The van der Waals surface area contributed by atoms with Crippen LogP contribution in [-0.4, -0.2) is 22.0 Å². The Balaban J connectivity index is 1.96. The number of fused-ring (bicyclic) bond motifs is 1. The third-order valence-corrected chi connectivity index (χ3v) is 6.72. The van der Waals surface area contributed by atoms with Crippen LogP contribution in [0.4, 0.5) is 0 Å². The van der Waals surface area contributed by atoms with E-state index in [-0.39, 0.29) is 6.04 Å². The zero-order valence-corrected chi connectivity index (χ0v) is 21.5. The summed E-state index contributed by atoms with van der Waals surface area (Å²) in [6.45, 7) is 9.61. The number of hydrogen-bond acceptors (Lipinski definition) is 4. The lowest BCUT2D eigenvalue weighted by Gasteiger charge is -2.40. The minimum Gasteiger partial charge on any atom is -0.471 e. The fourth-order valence-corrected chi connectivity index (χ4v) is 4.59. The smallest absolute Gasteiger partial charge is 0.237 e. The van der Waals surface area contributed by atoms with Gasteiger partial charge >= 0.3 is 0 Å². The van der Waals surface area contributed by atoms with E-state index in [0.717, 1.165) is 33.5 Å². The van der Waals surface area contributed by atoms with Crippen LogP contribution in [0.5, 0.6) is 5.88 Å². The Labute approximate surface area is 210 Å². The fraction of sp³-hybridized carbons (Fsp3) is 0.333. The molecule has 1 aromatic heterocycles. The van der Waals surface area contributed by atoms with Crippen molar-refractivity contribution in [3.63, 3.8) is 0 Å². The zero-order valence-electron chi connectivity index (χ0n) is 20.0. The summed E-state index contributed by atoms with van der Waals surface area (Å²) >= 11 is 12.8. The van der Waals surface area contributed by atoms with Gasteiger partial charge in [0.15, 0.2) is 0 Å². The van der Waals surface area contributed by atoms with E-state index in [1.807, 2.05) is 63.2 Å². The number of benzene rings is 2. The SMILES string of the molecule is Cc1ccc(Cl)c(-c2nc3c(cc2-c2ccc(Cl)cc2)C(NC(C)(C)C(N)=O)CC(C)(C)O3)c1. The number of pyridine rings is 1. The first-order valence-electron chi connectivity index (χ1n) is 11.2. The van der Waals surface area contributed by atoms with E-state index in [0.29, 0.717) is 22.3 Å². The number of nitrogens with one attached hydrogen (secondary N) is 1. The van der Waals surface area contributed by atoms with Crippen LogP contribution in [-0.2, 0) is 4.79 Å². The highest BCUT2D eigenvalue weighted by Crippen LogP contribution is 2.45. The first-order chi connectivity index (χ1) is 15.9. The van der Waals surface area contributed by atoms with Crippen LogP contribution in [0.15, 0.2) is 48.5 Å². The maximum absolute atomic E-state index is 12.1. The summed E-state index contributed by atoms with van der Waals surface area (Å²) in [5.74, 6) is 0.0895. The second-order valence-corrected chi connectivity index (χ2v) is 10.9. The van der Waals surface area contributed by atoms with Crippen molar-refractivity contribution in [2.75, 3.05) is 0 Å². The molecule has 178 valence electrons. The molecule has 1 atom stereocenters. The molecule has 3 aromatic rings.